The zero-order valence-electron chi connectivity index (χ0n) is 15.5. The Morgan fingerprint density at radius 1 is 1.11 bits per heavy atom. The number of benzene rings is 1. The molecule has 1 aliphatic rings. The van der Waals surface area contributed by atoms with Crippen molar-refractivity contribution in [3.8, 4) is 11.8 Å². The van der Waals surface area contributed by atoms with Crippen molar-refractivity contribution in [3.05, 3.63) is 42.0 Å². The molecule has 1 aromatic heterocycles. The van der Waals surface area contributed by atoms with Gasteiger partial charge in [-0.1, -0.05) is 30.3 Å². The Balaban J connectivity index is 1.68. The van der Waals surface area contributed by atoms with E-state index in [1.165, 1.54) is 19.8 Å². The number of nitrogens with zero attached hydrogens (tertiary/aromatic N) is 2. The highest BCUT2D eigenvalue weighted by Gasteiger charge is 2.34. The molecule has 7 nitrogen and oxygen atoms in total. The quantitative estimate of drug-likeness (QED) is 0.731. The first-order chi connectivity index (χ1) is 13.1. The molecule has 8 heteroatoms. The van der Waals surface area contributed by atoms with Gasteiger partial charge < -0.3 is 24.8 Å². The molecule has 0 unspecified atom stereocenters. The molecule has 0 radical (unpaired) electrons. The zero-order valence-corrected chi connectivity index (χ0v) is 16.3. The van der Waals surface area contributed by atoms with Crippen LogP contribution in [-0.4, -0.2) is 49.1 Å². The van der Waals surface area contributed by atoms with E-state index >= 15 is 0 Å². The van der Waals surface area contributed by atoms with Crippen LogP contribution >= 0.6 is 12.2 Å². The highest BCUT2D eigenvalue weighted by atomic mass is 32.1. The molecule has 1 saturated heterocycles. The fraction of sp³-hybridized carbons (Fsp3) is 0.421. The number of anilines is 1. The lowest BCUT2D eigenvalue weighted by Crippen LogP contribution is -2.45. The Kier molecular flexibility index (Phi) is 6.41. The first-order valence-corrected chi connectivity index (χ1v) is 9.21. The maximum atomic E-state index is 5.58. The van der Waals surface area contributed by atoms with Gasteiger partial charge in [0, 0.05) is 25.2 Å². The number of thiocarbonyl (C=S) groups is 1. The molecule has 144 valence electrons. The summed E-state index contributed by atoms with van der Waals surface area (Å²) in [7, 11) is 3.08. The van der Waals surface area contributed by atoms with Crippen molar-refractivity contribution < 1.29 is 14.2 Å². The van der Waals surface area contributed by atoms with Crippen LogP contribution in [0.2, 0.25) is 0 Å². The minimum atomic E-state index is -0.0157. The molecule has 1 fully saturated rings. The number of methoxy groups -OCH3 is 2. The van der Waals surface area contributed by atoms with E-state index in [4.69, 9.17) is 26.4 Å². The minimum absolute atomic E-state index is 0.0157. The van der Waals surface area contributed by atoms with Gasteiger partial charge in [0.05, 0.1) is 20.3 Å². The summed E-state index contributed by atoms with van der Waals surface area (Å²) >= 11 is 5.45. The molecule has 2 aromatic rings. The first kappa shape index (κ1) is 19.3. The summed E-state index contributed by atoms with van der Waals surface area (Å²) in [6, 6.07) is 12.1. The lowest BCUT2D eigenvalue weighted by atomic mass is 9.74. The van der Waals surface area contributed by atoms with Crippen LogP contribution in [-0.2, 0) is 10.2 Å². The van der Waals surface area contributed by atoms with Crippen molar-refractivity contribution >= 4 is 23.3 Å². The van der Waals surface area contributed by atoms with Gasteiger partial charge >= 0.3 is 0 Å². The number of aromatic nitrogens is 2. The Hall–Kier alpha value is -2.45. The van der Waals surface area contributed by atoms with E-state index < -0.39 is 0 Å². The van der Waals surface area contributed by atoms with Gasteiger partial charge in [0.15, 0.2) is 5.11 Å². The van der Waals surface area contributed by atoms with Gasteiger partial charge in [-0.3, -0.25) is 0 Å². The third kappa shape index (κ3) is 4.84. The third-order valence-corrected chi connectivity index (χ3v) is 4.99. The Bertz CT molecular complexity index is 745. The standard InChI is InChI=1S/C19H24N4O3S/c1-24-15-12-16(25-2)22-17(21-15)23-18(27)20-13-19(8-10-26-11-9-19)14-6-4-3-5-7-14/h3-7,12H,8-11,13H2,1-2H3,(H2,20,21,22,23,27). The Morgan fingerprint density at radius 3 is 2.33 bits per heavy atom. The first-order valence-electron chi connectivity index (χ1n) is 8.80. The normalized spacial score (nSPS) is 15.6. The summed E-state index contributed by atoms with van der Waals surface area (Å²) in [5.74, 6) is 1.12. The van der Waals surface area contributed by atoms with E-state index in [2.05, 4.69) is 44.9 Å². The lowest BCUT2D eigenvalue weighted by molar-refractivity contribution is 0.0515. The highest BCUT2D eigenvalue weighted by molar-refractivity contribution is 7.80. The largest absolute Gasteiger partial charge is 0.481 e. The molecule has 0 bridgehead atoms. The van der Waals surface area contributed by atoms with Gasteiger partial charge in [-0.05, 0) is 30.6 Å². The van der Waals surface area contributed by atoms with Gasteiger partial charge in [0.1, 0.15) is 0 Å². The summed E-state index contributed by atoms with van der Waals surface area (Å²) in [5.41, 5.74) is 1.28. The number of nitrogens with one attached hydrogen (secondary N) is 2. The predicted octanol–water partition coefficient (Wildman–Crippen LogP) is 2.53. The summed E-state index contributed by atoms with van der Waals surface area (Å²) in [6.45, 7) is 2.19. The smallest absolute Gasteiger partial charge is 0.235 e. The van der Waals surface area contributed by atoms with E-state index in [9.17, 15) is 0 Å². The second-order valence-corrected chi connectivity index (χ2v) is 6.75. The van der Waals surface area contributed by atoms with Crippen molar-refractivity contribution in [3.63, 3.8) is 0 Å². The van der Waals surface area contributed by atoms with Gasteiger partial charge in [-0.15, -0.1) is 0 Å². The molecule has 1 aliphatic heterocycles. The SMILES string of the molecule is COc1cc(OC)nc(NC(=S)NCC2(c3ccccc3)CCOCC2)n1. The van der Waals surface area contributed by atoms with Crippen LogP contribution in [0.4, 0.5) is 5.95 Å². The van der Waals surface area contributed by atoms with Crippen molar-refractivity contribution in [2.45, 2.75) is 18.3 Å². The maximum Gasteiger partial charge on any atom is 0.235 e. The fourth-order valence-corrected chi connectivity index (χ4v) is 3.35. The van der Waals surface area contributed by atoms with Crippen molar-refractivity contribution in [1.82, 2.24) is 15.3 Å². The molecule has 2 heterocycles. The van der Waals surface area contributed by atoms with Crippen LogP contribution in [0.1, 0.15) is 18.4 Å². The Morgan fingerprint density at radius 2 is 1.74 bits per heavy atom. The minimum Gasteiger partial charge on any atom is -0.481 e. The maximum absolute atomic E-state index is 5.58. The van der Waals surface area contributed by atoms with E-state index in [1.807, 2.05) is 6.07 Å². The van der Waals surface area contributed by atoms with E-state index in [-0.39, 0.29) is 5.41 Å². The van der Waals surface area contributed by atoms with Gasteiger partial charge in [0.25, 0.3) is 0 Å². The molecule has 27 heavy (non-hydrogen) atoms. The number of hydrogen-bond acceptors (Lipinski definition) is 6. The molecule has 0 saturated carbocycles. The molecular weight excluding hydrogens is 364 g/mol. The van der Waals surface area contributed by atoms with Crippen molar-refractivity contribution in [1.29, 1.82) is 0 Å². The summed E-state index contributed by atoms with van der Waals surface area (Å²) in [6.07, 6.45) is 1.88. The average Bonchev–Trinajstić information content (AvgIpc) is 2.73. The number of rotatable bonds is 6. The summed E-state index contributed by atoms with van der Waals surface area (Å²) in [5, 5.41) is 6.78. The van der Waals surface area contributed by atoms with Crippen LogP contribution in [0.25, 0.3) is 0 Å². The van der Waals surface area contributed by atoms with Crippen LogP contribution in [0.3, 0.4) is 0 Å². The molecule has 0 atom stereocenters. The van der Waals surface area contributed by atoms with E-state index in [1.54, 1.807) is 6.07 Å². The van der Waals surface area contributed by atoms with Gasteiger partial charge in [-0.25, -0.2) is 0 Å². The average molecular weight is 388 g/mol. The molecular formula is C19H24N4O3S. The van der Waals surface area contributed by atoms with Gasteiger partial charge in [0.2, 0.25) is 17.7 Å². The molecule has 1 aromatic carbocycles. The molecule has 3 rings (SSSR count). The van der Waals surface area contributed by atoms with E-state index in [0.717, 1.165) is 26.1 Å². The van der Waals surface area contributed by atoms with Gasteiger partial charge in [-0.2, -0.15) is 9.97 Å². The van der Waals surface area contributed by atoms with Crippen molar-refractivity contribution in [2.24, 2.45) is 0 Å². The molecule has 2 N–H and O–H groups in total. The van der Waals surface area contributed by atoms with Crippen LogP contribution in [0.15, 0.2) is 36.4 Å². The molecule has 0 spiro atoms. The zero-order chi connectivity index (χ0) is 19.1. The summed E-state index contributed by atoms with van der Waals surface area (Å²) < 4.78 is 15.9. The monoisotopic (exact) mass is 388 g/mol. The summed E-state index contributed by atoms with van der Waals surface area (Å²) in [4.78, 5) is 8.48. The Labute approximate surface area is 164 Å². The molecule has 0 aliphatic carbocycles. The molecule has 0 amide bonds. The second-order valence-electron chi connectivity index (χ2n) is 6.34. The second kappa shape index (κ2) is 8.96. The topological polar surface area (TPSA) is 77.5 Å². The number of hydrogen-bond donors (Lipinski definition) is 2. The fourth-order valence-electron chi connectivity index (χ4n) is 3.19. The van der Waals surface area contributed by atoms with Crippen LogP contribution in [0.5, 0.6) is 11.8 Å². The van der Waals surface area contributed by atoms with E-state index in [0.29, 0.717) is 29.4 Å². The van der Waals surface area contributed by atoms with Crippen LogP contribution < -0.4 is 20.1 Å². The number of ether oxygens (including phenoxy) is 3. The lowest BCUT2D eigenvalue weighted by Gasteiger charge is -2.38. The third-order valence-electron chi connectivity index (χ3n) is 4.75. The highest BCUT2D eigenvalue weighted by Crippen LogP contribution is 2.34. The van der Waals surface area contributed by atoms with Crippen molar-refractivity contribution in [2.75, 3.05) is 39.3 Å². The predicted molar refractivity (Wildman–Crippen MR) is 108 cm³/mol. The van der Waals surface area contributed by atoms with Crippen LogP contribution in [0, 0.1) is 0 Å².